The number of nitrogens with two attached hydrogens (primary N) is 1. The SMILES string of the molecule is CC1(C)CC(NC(=O)c2nc(N)ccc2Cl)CCO1. The van der Waals surface area contributed by atoms with Crippen LogP contribution in [0.3, 0.4) is 0 Å². The number of nitrogens with zero attached hydrogens (tertiary/aromatic N) is 1. The van der Waals surface area contributed by atoms with E-state index in [0.29, 0.717) is 11.6 Å². The second-order valence-electron chi connectivity index (χ2n) is 5.34. The molecule has 1 amide bonds. The Hall–Kier alpha value is -1.33. The Kier molecular flexibility index (Phi) is 3.96. The van der Waals surface area contributed by atoms with E-state index in [1.807, 2.05) is 13.8 Å². The lowest BCUT2D eigenvalue weighted by Gasteiger charge is -2.35. The van der Waals surface area contributed by atoms with Crippen LogP contribution in [0, 0.1) is 0 Å². The van der Waals surface area contributed by atoms with Crippen LogP contribution in [0.5, 0.6) is 0 Å². The van der Waals surface area contributed by atoms with Gasteiger partial charge in [0.1, 0.15) is 11.5 Å². The fourth-order valence-corrected chi connectivity index (χ4v) is 2.42. The van der Waals surface area contributed by atoms with Gasteiger partial charge in [-0.1, -0.05) is 11.6 Å². The van der Waals surface area contributed by atoms with Crippen LogP contribution in [0.15, 0.2) is 12.1 Å². The van der Waals surface area contributed by atoms with Gasteiger partial charge in [-0.15, -0.1) is 0 Å². The molecule has 1 aromatic rings. The minimum absolute atomic E-state index is 0.0653. The Bertz CT molecular complexity index is 491. The van der Waals surface area contributed by atoms with E-state index in [4.69, 9.17) is 22.1 Å². The number of carbonyl (C=O) groups is 1. The molecule has 0 aromatic carbocycles. The van der Waals surface area contributed by atoms with Crippen molar-refractivity contribution in [3.63, 3.8) is 0 Å². The topological polar surface area (TPSA) is 77.2 Å². The minimum Gasteiger partial charge on any atom is -0.384 e. The van der Waals surface area contributed by atoms with E-state index in [0.717, 1.165) is 12.8 Å². The van der Waals surface area contributed by atoms with Gasteiger partial charge in [0.15, 0.2) is 0 Å². The Morgan fingerprint density at radius 2 is 2.32 bits per heavy atom. The molecule has 1 aromatic heterocycles. The zero-order valence-electron chi connectivity index (χ0n) is 11.1. The Labute approximate surface area is 117 Å². The molecule has 1 fully saturated rings. The fourth-order valence-electron chi connectivity index (χ4n) is 2.23. The van der Waals surface area contributed by atoms with Crippen molar-refractivity contribution in [2.24, 2.45) is 0 Å². The molecule has 2 rings (SSSR count). The summed E-state index contributed by atoms with van der Waals surface area (Å²) in [6.45, 7) is 4.66. The first-order chi connectivity index (χ1) is 8.87. The van der Waals surface area contributed by atoms with Crippen molar-refractivity contribution in [2.75, 3.05) is 12.3 Å². The average molecular weight is 284 g/mol. The molecule has 1 aliphatic heterocycles. The monoisotopic (exact) mass is 283 g/mol. The molecule has 19 heavy (non-hydrogen) atoms. The molecule has 0 spiro atoms. The van der Waals surface area contributed by atoms with Gasteiger partial charge in [-0.05, 0) is 38.8 Å². The predicted molar refractivity (Wildman–Crippen MR) is 74.2 cm³/mol. The molecule has 1 atom stereocenters. The molecule has 0 aliphatic carbocycles. The number of nitrogens with one attached hydrogen (secondary N) is 1. The summed E-state index contributed by atoms with van der Waals surface area (Å²) in [6.07, 6.45) is 1.55. The van der Waals surface area contributed by atoms with Crippen LogP contribution in [0.4, 0.5) is 5.82 Å². The summed E-state index contributed by atoms with van der Waals surface area (Å²) < 4.78 is 5.61. The quantitative estimate of drug-likeness (QED) is 0.870. The van der Waals surface area contributed by atoms with E-state index in [2.05, 4.69) is 10.3 Å². The van der Waals surface area contributed by atoms with Gasteiger partial charge in [-0.3, -0.25) is 4.79 Å². The maximum Gasteiger partial charge on any atom is 0.271 e. The molecule has 0 saturated carbocycles. The zero-order valence-corrected chi connectivity index (χ0v) is 11.8. The van der Waals surface area contributed by atoms with Gasteiger partial charge in [0.2, 0.25) is 0 Å². The number of carbonyl (C=O) groups excluding carboxylic acids is 1. The Morgan fingerprint density at radius 1 is 1.58 bits per heavy atom. The molecule has 104 valence electrons. The number of aromatic nitrogens is 1. The largest absolute Gasteiger partial charge is 0.384 e. The summed E-state index contributed by atoms with van der Waals surface area (Å²) in [5.74, 6) is -0.0122. The van der Waals surface area contributed by atoms with E-state index in [-0.39, 0.29) is 29.1 Å². The van der Waals surface area contributed by atoms with Crippen molar-refractivity contribution in [2.45, 2.75) is 38.3 Å². The molecule has 5 nitrogen and oxygen atoms in total. The summed E-state index contributed by atoms with van der Waals surface area (Å²) in [4.78, 5) is 16.1. The fraction of sp³-hybridized carbons (Fsp3) is 0.538. The first-order valence-corrected chi connectivity index (χ1v) is 6.62. The van der Waals surface area contributed by atoms with Crippen LogP contribution in [0.25, 0.3) is 0 Å². The molecule has 1 unspecified atom stereocenters. The van der Waals surface area contributed by atoms with E-state index in [1.54, 1.807) is 12.1 Å². The lowest BCUT2D eigenvalue weighted by Crippen LogP contribution is -2.46. The van der Waals surface area contributed by atoms with Crippen LogP contribution in [0.1, 0.15) is 37.2 Å². The number of halogens is 1. The molecule has 1 aliphatic rings. The highest BCUT2D eigenvalue weighted by Gasteiger charge is 2.30. The zero-order chi connectivity index (χ0) is 14.0. The second kappa shape index (κ2) is 5.35. The summed E-state index contributed by atoms with van der Waals surface area (Å²) >= 11 is 5.96. The summed E-state index contributed by atoms with van der Waals surface area (Å²) in [6, 6.07) is 3.21. The molecule has 2 heterocycles. The first kappa shape index (κ1) is 14.1. The van der Waals surface area contributed by atoms with Gasteiger partial charge in [-0.25, -0.2) is 4.98 Å². The van der Waals surface area contributed by atoms with Crippen molar-refractivity contribution in [1.29, 1.82) is 0 Å². The highest BCUT2D eigenvalue weighted by Crippen LogP contribution is 2.24. The van der Waals surface area contributed by atoms with E-state index in [1.165, 1.54) is 0 Å². The molecule has 0 bridgehead atoms. The van der Waals surface area contributed by atoms with E-state index < -0.39 is 0 Å². The van der Waals surface area contributed by atoms with Gasteiger partial charge >= 0.3 is 0 Å². The second-order valence-corrected chi connectivity index (χ2v) is 5.75. The van der Waals surface area contributed by atoms with Gasteiger partial charge in [0.25, 0.3) is 5.91 Å². The molecule has 6 heteroatoms. The Morgan fingerprint density at radius 3 is 3.00 bits per heavy atom. The molecule has 0 radical (unpaired) electrons. The van der Waals surface area contributed by atoms with E-state index in [9.17, 15) is 4.79 Å². The van der Waals surface area contributed by atoms with Crippen molar-refractivity contribution in [3.8, 4) is 0 Å². The summed E-state index contributed by atoms with van der Waals surface area (Å²) in [5, 5.41) is 3.24. The van der Waals surface area contributed by atoms with Crippen molar-refractivity contribution < 1.29 is 9.53 Å². The van der Waals surface area contributed by atoms with Crippen molar-refractivity contribution in [1.82, 2.24) is 10.3 Å². The number of rotatable bonds is 2. The van der Waals surface area contributed by atoms with Crippen LogP contribution in [0.2, 0.25) is 5.02 Å². The standard InChI is InChI=1S/C13H18ClN3O2/c1-13(2)7-8(5-6-19-13)16-12(18)11-9(14)3-4-10(15)17-11/h3-4,8H,5-7H2,1-2H3,(H2,15,17)(H,16,18). The van der Waals surface area contributed by atoms with Gasteiger partial charge in [0, 0.05) is 12.6 Å². The smallest absolute Gasteiger partial charge is 0.271 e. The van der Waals surface area contributed by atoms with Crippen molar-refractivity contribution >= 4 is 23.3 Å². The van der Waals surface area contributed by atoms with Crippen LogP contribution < -0.4 is 11.1 Å². The average Bonchev–Trinajstić information content (AvgIpc) is 2.31. The minimum atomic E-state index is -0.292. The highest BCUT2D eigenvalue weighted by molar-refractivity contribution is 6.33. The number of hydrogen-bond acceptors (Lipinski definition) is 4. The number of anilines is 1. The van der Waals surface area contributed by atoms with Crippen LogP contribution in [-0.4, -0.2) is 29.1 Å². The number of ether oxygens (including phenoxy) is 1. The predicted octanol–water partition coefficient (Wildman–Crippen LogP) is 2.00. The third-order valence-electron chi connectivity index (χ3n) is 3.11. The third kappa shape index (κ3) is 3.58. The lowest BCUT2D eigenvalue weighted by atomic mass is 9.94. The molecular weight excluding hydrogens is 266 g/mol. The molecule has 1 saturated heterocycles. The number of nitrogen functional groups attached to an aromatic ring is 1. The molecule has 3 N–H and O–H groups in total. The first-order valence-electron chi connectivity index (χ1n) is 6.24. The normalized spacial score (nSPS) is 21.9. The maximum absolute atomic E-state index is 12.1. The lowest BCUT2D eigenvalue weighted by molar-refractivity contribution is -0.0615. The van der Waals surface area contributed by atoms with Crippen molar-refractivity contribution in [3.05, 3.63) is 22.8 Å². The van der Waals surface area contributed by atoms with Gasteiger partial charge in [0.05, 0.1) is 10.6 Å². The summed E-state index contributed by atoms with van der Waals surface area (Å²) in [5.41, 5.74) is 5.52. The number of amides is 1. The van der Waals surface area contributed by atoms with Crippen LogP contribution in [-0.2, 0) is 4.74 Å². The molecular formula is C13H18ClN3O2. The number of pyridine rings is 1. The summed E-state index contributed by atoms with van der Waals surface area (Å²) in [7, 11) is 0. The van der Waals surface area contributed by atoms with E-state index >= 15 is 0 Å². The van der Waals surface area contributed by atoms with Gasteiger partial charge in [-0.2, -0.15) is 0 Å². The highest BCUT2D eigenvalue weighted by atomic mass is 35.5. The maximum atomic E-state index is 12.1. The van der Waals surface area contributed by atoms with Crippen LogP contribution >= 0.6 is 11.6 Å². The Balaban J connectivity index is 2.06. The number of hydrogen-bond donors (Lipinski definition) is 2. The van der Waals surface area contributed by atoms with Gasteiger partial charge < -0.3 is 15.8 Å². The third-order valence-corrected chi connectivity index (χ3v) is 3.42.